The highest BCUT2D eigenvalue weighted by molar-refractivity contribution is 5.85. The third kappa shape index (κ3) is 5.38. The van der Waals surface area contributed by atoms with E-state index >= 15 is 0 Å². The summed E-state index contributed by atoms with van der Waals surface area (Å²) in [5, 5.41) is 15.8. The minimum Gasteiger partial charge on any atom is -0.550 e. The minimum absolute atomic E-state index is 0.168. The molecule has 3 heterocycles. The molecule has 0 aromatic heterocycles. The first-order chi connectivity index (χ1) is 19.5. The monoisotopic (exact) mass is 570 g/mol. The highest BCUT2D eigenvalue weighted by atomic mass is 19.4. The van der Waals surface area contributed by atoms with Gasteiger partial charge in [0.25, 0.3) is 0 Å². The number of carbonyl (C=O) groups is 1. The summed E-state index contributed by atoms with van der Waals surface area (Å²) in [4.78, 5) is 21.8. The molecule has 0 radical (unpaired) electrons. The Kier molecular flexibility index (Phi) is 6.95. The predicted molar refractivity (Wildman–Crippen MR) is 145 cm³/mol. The van der Waals surface area contributed by atoms with Crippen molar-refractivity contribution in [1.82, 2.24) is 9.80 Å². The summed E-state index contributed by atoms with van der Waals surface area (Å²) in [6.45, 7) is 7.17. The van der Waals surface area contributed by atoms with Crippen LogP contribution < -0.4 is 9.84 Å². The molecular formula is C31H35F3N3O4-. The maximum Gasteiger partial charge on any atom is 0.417 e. The van der Waals surface area contributed by atoms with Crippen LogP contribution in [0.25, 0.3) is 11.1 Å². The van der Waals surface area contributed by atoms with Gasteiger partial charge in [-0.1, -0.05) is 36.3 Å². The van der Waals surface area contributed by atoms with Gasteiger partial charge in [-0.2, -0.15) is 13.2 Å². The van der Waals surface area contributed by atoms with Crippen molar-refractivity contribution in [2.24, 2.45) is 10.6 Å². The Morgan fingerprint density at radius 1 is 1.17 bits per heavy atom. The van der Waals surface area contributed by atoms with Crippen molar-refractivity contribution in [3.05, 3.63) is 53.1 Å². The largest absolute Gasteiger partial charge is 0.550 e. The molecule has 3 fully saturated rings. The van der Waals surface area contributed by atoms with E-state index in [4.69, 9.17) is 9.57 Å². The van der Waals surface area contributed by atoms with Crippen LogP contribution in [0.4, 0.5) is 13.2 Å². The van der Waals surface area contributed by atoms with Crippen molar-refractivity contribution in [3.63, 3.8) is 0 Å². The van der Waals surface area contributed by atoms with Crippen LogP contribution in [0.15, 0.2) is 41.6 Å². The molecule has 2 saturated heterocycles. The van der Waals surface area contributed by atoms with Gasteiger partial charge in [0.1, 0.15) is 11.6 Å². The molecule has 0 atom stereocenters. The Balaban J connectivity index is 1.16. The van der Waals surface area contributed by atoms with Gasteiger partial charge in [0.05, 0.1) is 18.6 Å². The molecule has 7 nitrogen and oxygen atoms in total. The van der Waals surface area contributed by atoms with Gasteiger partial charge < -0.3 is 24.4 Å². The topological polar surface area (TPSA) is 77.4 Å². The Bertz CT molecular complexity index is 1360. The second kappa shape index (κ2) is 10.2. The number of oxime groups is 1. The number of hydrogen-bond acceptors (Lipinski definition) is 7. The number of hydrogen-bond donors (Lipinski definition) is 0. The van der Waals surface area contributed by atoms with E-state index in [1.165, 1.54) is 6.07 Å². The molecule has 4 aliphatic rings. The van der Waals surface area contributed by atoms with Crippen LogP contribution in [0.5, 0.6) is 5.75 Å². The fourth-order valence-corrected chi connectivity index (χ4v) is 6.45. The predicted octanol–water partition coefficient (Wildman–Crippen LogP) is 4.79. The second-order valence-electron chi connectivity index (χ2n) is 12.2. The summed E-state index contributed by atoms with van der Waals surface area (Å²) < 4.78 is 47.9. The Hall–Kier alpha value is -3.27. The number of amidine groups is 1. The molecule has 2 aromatic carbocycles. The van der Waals surface area contributed by atoms with Gasteiger partial charge >= 0.3 is 6.18 Å². The van der Waals surface area contributed by atoms with Crippen LogP contribution in [0.3, 0.4) is 0 Å². The van der Waals surface area contributed by atoms with Crippen molar-refractivity contribution in [2.45, 2.75) is 70.2 Å². The van der Waals surface area contributed by atoms with Crippen LogP contribution in [0.2, 0.25) is 0 Å². The summed E-state index contributed by atoms with van der Waals surface area (Å²) in [6, 6.07) is 9.71. The number of carboxylic acid groups (broad SMARTS) is 1. The highest BCUT2D eigenvalue weighted by Crippen LogP contribution is 2.51. The van der Waals surface area contributed by atoms with Gasteiger partial charge in [-0.05, 0) is 67.3 Å². The van der Waals surface area contributed by atoms with E-state index in [0.29, 0.717) is 69.9 Å². The van der Waals surface area contributed by atoms with E-state index in [0.717, 1.165) is 35.9 Å². The van der Waals surface area contributed by atoms with Gasteiger partial charge in [-0.3, -0.25) is 4.90 Å². The van der Waals surface area contributed by atoms with Crippen molar-refractivity contribution < 1.29 is 32.6 Å². The summed E-state index contributed by atoms with van der Waals surface area (Å²) in [7, 11) is 0. The van der Waals surface area contributed by atoms with Gasteiger partial charge in [-0.25, -0.2) is 0 Å². The SMILES string of the molecule is CCOc1cc(CN2CC3(CC(N4CCC(C)(C(=O)[O-])CC4)=NO3)C2)cc(C2CC2)c1-c1ccccc1C(F)(F)F. The number of aliphatic carboxylic acids is 1. The third-order valence-corrected chi connectivity index (χ3v) is 8.99. The van der Waals surface area contributed by atoms with E-state index < -0.39 is 28.7 Å². The maximum atomic E-state index is 14.0. The number of alkyl halides is 3. The lowest BCUT2D eigenvalue weighted by Crippen LogP contribution is -2.61. The lowest BCUT2D eigenvalue weighted by Gasteiger charge is -2.46. The molecule has 1 spiro atoms. The first kappa shape index (κ1) is 27.9. The number of piperidine rings is 1. The Morgan fingerprint density at radius 3 is 2.51 bits per heavy atom. The molecule has 6 rings (SSSR count). The van der Waals surface area contributed by atoms with E-state index in [2.05, 4.69) is 21.0 Å². The summed E-state index contributed by atoms with van der Waals surface area (Å²) in [5.74, 6) is 0.594. The molecule has 1 aliphatic carbocycles. The zero-order chi connectivity index (χ0) is 29.0. The molecule has 0 bridgehead atoms. The third-order valence-electron chi connectivity index (χ3n) is 8.99. The molecule has 220 valence electrons. The maximum absolute atomic E-state index is 14.0. The number of benzene rings is 2. The van der Waals surface area contributed by atoms with Crippen molar-refractivity contribution >= 4 is 11.8 Å². The molecule has 0 N–H and O–H groups in total. The molecule has 3 aliphatic heterocycles. The van der Waals surface area contributed by atoms with E-state index in [1.807, 2.05) is 13.0 Å². The molecule has 10 heteroatoms. The zero-order valence-corrected chi connectivity index (χ0v) is 23.4. The van der Waals surface area contributed by atoms with Gasteiger partial charge in [-0.15, -0.1) is 0 Å². The Labute approximate surface area is 237 Å². The number of ether oxygens (including phenoxy) is 1. The van der Waals surface area contributed by atoms with E-state index in [-0.39, 0.29) is 11.5 Å². The van der Waals surface area contributed by atoms with Gasteiger partial charge in [0, 0.05) is 49.7 Å². The first-order valence-corrected chi connectivity index (χ1v) is 14.4. The van der Waals surface area contributed by atoms with Gasteiger partial charge in [0.15, 0.2) is 5.60 Å². The fraction of sp³-hybridized carbons (Fsp3) is 0.548. The number of carboxylic acids is 1. The molecule has 1 saturated carbocycles. The lowest BCUT2D eigenvalue weighted by molar-refractivity contribution is -0.320. The van der Waals surface area contributed by atoms with Gasteiger partial charge in [0.2, 0.25) is 0 Å². The van der Waals surface area contributed by atoms with E-state index in [9.17, 15) is 23.1 Å². The normalized spacial score (nSPS) is 21.8. The molecule has 2 aromatic rings. The number of likely N-dealkylation sites (tertiary alicyclic amines) is 2. The zero-order valence-electron chi connectivity index (χ0n) is 23.4. The van der Waals surface area contributed by atoms with Crippen LogP contribution in [-0.2, 0) is 22.4 Å². The minimum atomic E-state index is -4.46. The standard InChI is InChI=1S/C31H36F3N3O4/c1-3-40-25-15-20(14-23(21-8-9-21)27(25)22-6-4-5-7-24(22)31(32,33)34)17-36-18-30(19-36)16-26(35-41-30)37-12-10-29(2,11-13-37)28(38)39/h4-7,14-15,21H,3,8-13,16-19H2,1-2H3,(H,38,39)/p-1. The van der Waals surface area contributed by atoms with Crippen LogP contribution >= 0.6 is 0 Å². The van der Waals surface area contributed by atoms with Crippen LogP contribution in [0, 0.1) is 5.41 Å². The van der Waals surface area contributed by atoms with Crippen LogP contribution in [0.1, 0.15) is 68.6 Å². The summed E-state index contributed by atoms with van der Waals surface area (Å²) in [6.07, 6.45) is -0.846. The van der Waals surface area contributed by atoms with Crippen molar-refractivity contribution in [2.75, 3.05) is 32.8 Å². The number of halogens is 3. The average molecular weight is 571 g/mol. The molecule has 0 amide bonds. The average Bonchev–Trinajstić information content (AvgIpc) is 3.67. The van der Waals surface area contributed by atoms with Crippen LogP contribution in [-0.4, -0.2) is 60.0 Å². The molecular weight excluding hydrogens is 535 g/mol. The second-order valence-corrected chi connectivity index (χ2v) is 12.2. The summed E-state index contributed by atoms with van der Waals surface area (Å²) in [5.41, 5.74) is 0.821. The fourth-order valence-electron chi connectivity index (χ4n) is 6.45. The highest BCUT2D eigenvalue weighted by Gasteiger charge is 2.51. The smallest absolute Gasteiger partial charge is 0.417 e. The number of carbonyl (C=O) groups excluding carboxylic acids is 1. The number of nitrogens with zero attached hydrogens (tertiary/aromatic N) is 3. The molecule has 0 unspecified atom stereocenters. The quantitative estimate of drug-likeness (QED) is 0.477. The summed E-state index contributed by atoms with van der Waals surface area (Å²) >= 11 is 0. The first-order valence-electron chi connectivity index (χ1n) is 14.4. The number of rotatable bonds is 7. The van der Waals surface area contributed by atoms with E-state index in [1.54, 1.807) is 19.1 Å². The van der Waals surface area contributed by atoms with Crippen molar-refractivity contribution in [3.8, 4) is 16.9 Å². The molecule has 41 heavy (non-hydrogen) atoms. The Morgan fingerprint density at radius 2 is 1.88 bits per heavy atom. The van der Waals surface area contributed by atoms with Crippen molar-refractivity contribution in [1.29, 1.82) is 0 Å². The lowest BCUT2D eigenvalue weighted by atomic mass is 9.80.